The van der Waals surface area contributed by atoms with E-state index in [1.807, 2.05) is 48.5 Å². The monoisotopic (exact) mass is 320 g/mol. The Morgan fingerprint density at radius 3 is 2.50 bits per heavy atom. The molecule has 3 aromatic rings. The Hall–Kier alpha value is -1.42. The maximum absolute atomic E-state index is 6.19. The average molecular weight is 321 g/mol. The third-order valence-electron chi connectivity index (χ3n) is 2.74. The third kappa shape index (κ3) is 3.01. The van der Waals surface area contributed by atoms with Crippen LogP contribution >= 0.6 is 35.0 Å². The molecule has 0 unspecified atom stereocenters. The van der Waals surface area contributed by atoms with Gasteiger partial charge in [0.25, 0.3) is 0 Å². The standard InChI is InChI=1S/C15H10Cl2N2S/c16-10-6-7-12(13(17)8-10)14-9-15(19-18-14)20-11-4-2-1-3-5-11/h1-9H,(H,18,19). The predicted molar refractivity (Wildman–Crippen MR) is 84.6 cm³/mol. The molecule has 100 valence electrons. The van der Waals surface area contributed by atoms with Crippen molar-refractivity contribution in [2.75, 3.05) is 0 Å². The van der Waals surface area contributed by atoms with Gasteiger partial charge in [0.15, 0.2) is 0 Å². The van der Waals surface area contributed by atoms with Gasteiger partial charge in [-0.2, -0.15) is 5.10 Å². The van der Waals surface area contributed by atoms with Crippen molar-refractivity contribution in [1.82, 2.24) is 10.2 Å². The normalized spacial score (nSPS) is 10.7. The topological polar surface area (TPSA) is 28.7 Å². The molecule has 0 radical (unpaired) electrons. The van der Waals surface area contributed by atoms with Gasteiger partial charge in [0.1, 0.15) is 5.03 Å². The van der Waals surface area contributed by atoms with E-state index in [4.69, 9.17) is 23.2 Å². The Morgan fingerprint density at radius 1 is 0.950 bits per heavy atom. The molecule has 0 aliphatic carbocycles. The van der Waals surface area contributed by atoms with Crippen LogP contribution in [0.1, 0.15) is 0 Å². The van der Waals surface area contributed by atoms with Gasteiger partial charge in [-0.15, -0.1) is 0 Å². The van der Waals surface area contributed by atoms with Crippen LogP contribution < -0.4 is 0 Å². The molecule has 1 N–H and O–H groups in total. The van der Waals surface area contributed by atoms with E-state index in [-0.39, 0.29) is 0 Å². The van der Waals surface area contributed by atoms with E-state index in [2.05, 4.69) is 10.2 Å². The molecule has 2 aromatic carbocycles. The molecular formula is C15H10Cl2N2S. The number of aromatic nitrogens is 2. The van der Waals surface area contributed by atoms with Crippen molar-refractivity contribution < 1.29 is 0 Å². The summed E-state index contributed by atoms with van der Waals surface area (Å²) in [6.07, 6.45) is 0. The summed E-state index contributed by atoms with van der Waals surface area (Å²) >= 11 is 13.7. The lowest BCUT2D eigenvalue weighted by molar-refractivity contribution is 1.01. The minimum atomic E-state index is 0.609. The average Bonchev–Trinajstić information content (AvgIpc) is 2.88. The lowest BCUT2D eigenvalue weighted by Gasteiger charge is -2.00. The second-order valence-electron chi connectivity index (χ2n) is 4.16. The second kappa shape index (κ2) is 5.92. The van der Waals surface area contributed by atoms with E-state index < -0.39 is 0 Å². The van der Waals surface area contributed by atoms with Crippen molar-refractivity contribution >= 4 is 35.0 Å². The van der Waals surface area contributed by atoms with Gasteiger partial charge in [-0.1, -0.05) is 53.2 Å². The van der Waals surface area contributed by atoms with Crippen molar-refractivity contribution in [2.24, 2.45) is 0 Å². The van der Waals surface area contributed by atoms with Crippen LogP contribution in [0.4, 0.5) is 0 Å². The van der Waals surface area contributed by atoms with Crippen LogP contribution in [0.2, 0.25) is 10.0 Å². The van der Waals surface area contributed by atoms with E-state index in [0.29, 0.717) is 10.0 Å². The lowest BCUT2D eigenvalue weighted by atomic mass is 10.1. The summed E-state index contributed by atoms with van der Waals surface area (Å²) in [7, 11) is 0. The van der Waals surface area contributed by atoms with Crippen LogP contribution in [0.15, 0.2) is 64.5 Å². The highest BCUT2D eigenvalue weighted by molar-refractivity contribution is 7.99. The number of nitrogens with one attached hydrogen (secondary N) is 1. The molecule has 0 fully saturated rings. The van der Waals surface area contributed by atoms with E-state index in [1.54, 1.807) is 17.8 Å². The zero-order valence-corrected chi connectivity index (χ0v) is 12.6. The molecule has 5 heteroatoms. The predicted octanol–water partition coefficient (Wildman–Crippen LogP) is 5.53. The molecule has 20 heavy (non-hydrogen) atoms. The number of hydrogen-bond acceptors (Lipinski definition) is 2. The largest absolute Gasteiger partial charge is 0.277 e. The number of benzene rings is 2. The van der Waals surface area contributed by atoms with Gasteiger partial charge in [0.05, 0.1) is 10.7 Å². The van der Waals surface area contributed by atoms with Crippen molar-refractivity contribution in [1.29, 1.82) is 0 Å². The maximum Gasteiger partial charge on any atom is 0.123 e. The first kappa shape index (κ1) is 13.6. The molecule has 3 rings (SSSR count). The first-order chi connectivity index (χ1) is 9.72. The minimum Gasteiger partial charge on any atom is -0.277 e. The van der Waals surface area contributed by atoms with Gasteiger partial charge < -0.3 is 0 Å². The molecule has 0 atom stereocenters. The molecule has 0 spiro atoms. The van der Waals surface area contributed by atoms with Gasteiger partial charge in [0.2, 0.25) is 0 Å². The van der Waals surface area contributed by atoms with Crippen LogP contribution in [0, 0.1) is 0 Å². The number of aromatic amines is 1. The fourth-order valence-corrected chi connectivity index (χ4v) is 3.12. The Labute approximate surface area is 131 Å². The maximum atomic E-state index is 6.19. The van der Waals surface area contributed by atoms with E-state index >= 15 is 0 Å². The summed E-state index contributed by atoms with van der Waals surface area (Å²) in [5.41, 5.74) is 1.77. The first-order valence-electron chi connectivity index (χ1n) is 5.96. The molecule has 1 heterocycles. The summed E-state index contributed by atoms with van der Waals surface area (Å²) in [6, 6.07) is 17.5. The Bertz CT molecular complexity index is 726. The van der Waals surface area contributed by atoms with Crippen LogP contribution in [0.3, 0.4) is 0 Å². The van der Waals surface area contributed by atoms with Crippen molar-refractivity contribution in [3.8, 4) is 11.3 Å². The number of hydrogen-bond donors (Lipinski definition) is 1. The van der Waals surface area contributed by atoms with Gasteiger partial charge in [-0.25, -0.2) is 0 Å². The lowest BCUT2D eigenvalue weighted by Crippen LogP contribution is -1.79. The molecule has 0 saturated carbocycles. The Kier molecular flexibility index (Phi) is 4.01. The second-order valence-corrected chi connectivity index (χ2v) is 6.10. The summed E-state index contributed by atoms with van der Waals surface area (Å²) in [5, 5.41) is 9.43. The zero-order chi connectivity index (χ0) is 13.9. The number of rotatable bonds is 3. The molecular weight excluding hydrogens is 311 g/mol. The fraction of sp³-hybridized carbons (Fsp3) is 0. The summed E-state index contributed by atoms with van der Waals surface area (Å²) < 4.78 is 0. The fourth-order valence-electron chi connectivity index (χ4n) is 1.81. The highest BCUT2D eigenvalue weighted by atomic mass is 35.5. The van der Waals surface area contributed by atoms with Crippen LogP contribution in [-0.2, 0) is 0 Å². The Balaban J connectivity index is 1.87. The number of H-pyrrole nitrogens is 1. The molecule has 0 saturated heterocycles. The highest BCUT2D eigenvalue weighted by Gasteiger charge is 2.09. The van der Waals surface area contributed by atoms with Crippen molar-refractivity contribution in [3.05, 3.63) is 64.6 Å². The molecule has 0 aliphatic heterocycles. The quantitative estimate of drug-likeness (QED) is 0.686. The number of halogens is 2. The van der Waals surface area contributed by atoms with Crippen molar-refractivity contribution in [2.45, 2.75) is 9.92 Å². The van der Waals surface area contributed by atoms with Gasteiger partial charge in [-0.05, 0) is 36.4 Å². The summed E-state index contributed by atoms with van der Waals surface area (Å²) in [6.45, 7) is 0. The van der Waals surface area contributed by atoms with E-state index in [9.17, 15) is 0 Å². The zero-order valence-electron chi connectivity index (χ0n) is 10.3. The molecule has 2 nitrogen and oxygen atoms in total. The van der Waals surface area contributed by atoms with Gasteiger partial charge in [-0.3, -0.25) is 5.10 Å². The third-order valence-corrected chi connectivity index (χ3v) is 4.22. The Morgan fingerprint density at radius 2 is 1.75 bits per heavy atom. The molecule has 0 bridgehead atoms. The number of nitrogens with zero attached hydrogens (tertiary/aromatic N) is 1. The van der Waals surface area contributed by atoms with Gasteiger partial charge in [0, 0.05) is 15.5 Å². The SMILES string of the molecule is Clc1ccc(-c2cc(Sc3ccccc3)n[nH]2)c(Cl)c1. The van der Waals surface area contributed by atoms with E-state index in [0.717, 1.165) is 21.2 Å². The van der Waals surface area contributed by atoms with Crippen LogP contribution in [0.5, 0.6) is 0 Å². The van der Waals surface area contributed by atoms with Crippen LogP contribution in [0.25, 0.3) is 11.3 Å². The summed E-state index contributed by atoms with van der Waals surface area (Å²) in [5.74, 6) is 0. The first-order valence-corrected chi connectivity index (χ1v) is 7.53. The summed E-state index contributed by atoms with van der Waals surface area (Å²) in [4.78, 5) is 1.15. The van der Waals surface area contributed by atoms with Crippen molar-refractivity contribution in [3.63, 3.8) is 0 Å². The smallest absolute Gasteiger partial charge is 0.123 e. The van der Waals surface area contributed by atoms with Gasteiger partial charge >= 0.3 is 0 Å². The minimum absolute atomic E-state index is 0.609. The molecule has 1 aromatic heterocycles. The van der Waals surface area contributed by atoms with Crippen LogP contribution in [-0.4, -0.2) is 10.2 Å². The highest BCUT2D eigenvalue weighted by Crippen LogP contribution is 2.32. The molecule has 0 aliphatic rings. The molecule has 0 amide bonds. The van der Waals surface area contributed by atoms with E-state index in [1.165, 1.54) is 0 Å².